The molecule has 0 aliphatic carbocycles. The summed E-state index contributed by atoms with van der Waals surface area (Å²) in [6, 6.07) is 14.4. The number of carbonyl (C=O) groups excluding carboxylic acids is 2. The van der Waals surface area contributed by atoms with E-state index in [4.69, 9.17) is 16.3 Å². The summed E-state index contributed by atoms with van der Waals surface area (Å²) in [5.74, 6) is 0.263. The molecule has 1 N–H and O–H groups in total. The van der Waals surface area contributed by atoms with Gasteiger partial charge in [-0.05, 0) is 36.8 Å². The van der Waals surface area contributed by atoms with Crippen LogP contribution in [0.1, 0.15) is 24.9 Å². The highest BCUT2D eigenvalue weighted by Gasteiger charge is 2.25. The Morgan fingerprint density at radius 1 is 1.24 bits per heavy atom. The average Bonchev–Trinajstić information content (AvgIpc) is 2.75. The lowest BCUT2D eigenvalue weighted by molar-refractivity contribution is -0.124. The minimum absolute atomic E-state index is 0.0445. The number of fused-ring (bicyclic) bond motifs is 1. The Labute approximate surface area is 151 Å². The zero-order chi connectivity index (χ0) is 17.8. The summed E-state index contributed by atoms with van der Waals surface area (Å²) in [6.45, 7) is 2.16. The summed E-state index contributed by atoms with van der Waals surface area (Å²) in [5, 5.41) is 3.57. The second-order valence-electron chi connectivity index (χ2n) is 5.89. The van der Waals surface area contributed by atoms with Gasteiger partial charge in [-0.2, -0.15) is 0 Å². The largest absolute Gasteiger partial charge is 0.491 e. The van der Waals surface area contributed by atoms with Gasteiger partial charge in [0.05, 0.1) is 24.8 Å². The van der Waals surface area contributed by atoms with Crippen LogP contribution in [-0.4, -0.2) is 25.0 Å². The van der Waals surface area contributed by atoms with Gasteiger partial charge in [0.1, 0.15) is 12.3 Å². The maximum Gasteiger partial charge on any atom is 0.240 e. The Kier molecular flexibility index (Phi) is 5.24. The van der Waals surface area contributed by atoms with Crippen molar-refractivity contribution in [2.24, 2.45) is 0 Å². The fraction of sp³-hybridized carbons (Fsp3) is 0.263. The number of anilines is 1. The fourth-order valence-corrected chi connectivity index (χ4v) is 2.88. The van der Waals surface area contributed by atoms with E-state index < -0.39 is 0 Å². The van der Waals surface area contributed by atoms with Gasteiger partial charge in [-0.3, -0.25) is 14.5 Å². The van der Waals surface area contributed by atoms with Crippen LogP contribution in [0.15, 0.2) is 48.5 Å². The van der Waals surface area contributed by atoms with Crippen molar-refractivity contribution in [1.82, 2.24) is 5.32 Å². The molecule has 6 heteroatoms. The van der Waals surface area contributed by atoms with Gasteiger partial charge in [0.25, 0.3) is 0 Å². The molecule has 25 heavy (non-hydrogen) atoms. The maximum atomic E-state index is 12.5. The summed E-state index contributed by atoms with van der Waals surface area (Å²) < 4.78 is 5.59. The molecule has 0 unspecified atom stereocenters. The summed E-state index contributed by atoms with van der Waals surface area (Å²) >= 11 is 5.89. The predicted molar refractivity (Wildman–Crippen MR) is 96.9 cm³/mol. The molecule has 0 bridgehead atoms. The molecule has 0 saturated heterocycles. The van der Waals surface area contributed by atoms with Crippen LogP contribution in [0.3, 0.4) is 0 Å². The molecule has 0 radical (unpaired) electrons. The van der Waals surface area contributed by atoms with Gasteiger partial charge in [0, 0.05) is 5.02 Å². The predicted octanol–water partition coefficient (Wildman–Crippen LogP) is 3.33. The molecule has 2 amide bonds. The van der Waals surface area contributed by atoms with Gasteiger partial charge >= 0.3 is 0 Å². The van der Waals surface area contributed by atoms with E-state index in [0.29, 0.717) is 23.1 Å². The maximum absolute atomic E-state index is 12.5. The number of rotatable bonds is 4. The van der Waals surface area contributed by atoms with Crippen molar-refractivity contribution in [2.75, 3.05) is 18.1 Å². The van der Waals surface area contributed by atoms with Crippen molar-refractivity contribution in [1.29, 1.82) is 0 Å². The number of amides is 2. The van der Waals surface area contributed by atoms with Crippen molar-refractivity contribution in [2.45, 2.75) is 19.4 Å². The number of hydrogen-bond donors (Lipinski definition) is 1. The van der Waals surface area contributed by atoms with Gasteiger partial charge in [0.2, 0.25) is 11.8 Å². The normalized spacial score (nSPS) is 15.0. The highest BCUT2D eigenvalue weighted by atomic mass is 35.5. The molecular formula is C19H19ClN2O3. The zero-order valence-corrected chi connectivity index (χ0v) is 14.6. The van der Waals surface area contributed by atoms with E-state index >= 15 is 0 Å². The standard InChI is InChI=1S/C19H19ClN2O3/c1-13(14-6-8-15(20)9-7-14)21-18(23)12-22-16-4-2-3-5-17(16)25-11-10-19(22)24/h2-9,13H,10-12H2,1H3,(H,21,23)/t13-/m1/s1. The Hall–Kier alpha value is -2.53. The summed E-state index contributed by atoms with van der Waals surface area (Å²) in [6.07, 6.45) is 0.245. The second kappa shape index (κ2) is 7.57. The van der Waals surface area contributed by atoms with E-state index in [2.05, 4.69) is 5.32 Å². The highest BCUT2D eigenvalue weighted by Crippen LogP contribution is 2.30. The zero-order valence-electron chi connectivity index (χ0n) is 13.9. The van der Waals surface area contributed by atoms with Crippen molar-refractivity contribution < 1.29 is 14.3 Å². The van der Waals surface area contributed by atoms with Crippen molar-refractivity contribution >= 4 is 29.1 Å². The first-order chi connectivity index (χ1) is 12.0. The Bertz CT molecular complexity index is 776. The molecule has 2 aromatic carbocycles. The number of benzene rings is 2. The average molecular weight is 359 g/mol. The molecule has 1 heterocycles. The van der Waals surface area contributed by atoms with Crippen LogP contribution >= 0.6 is 11.6 Å². The molecule has 2 aromatic rings. The van der Waals surface area contributed by atoms with Crippen LogP contribution in [0, 0.1) is 0 Å². The van der Waals surface area contributed by atoms with E-state index in [9.17, 15) is 9.59 Å². The second-order valence-corrected chi connectivity index (χ2v) is 6.32. The molecule has 0 aromatic heterocycles. The Morgan fingerprint density at radius 2 is 1.96 bits per heavy atom. The third-order valence-corrected chi connectivity index (χ3v) is 4.33. The van der Waals surface area contributed by atoms with Gasteiger partial charge in [-0.25, -0.2) is 0 Å². The molecule has 0 saturated carbocycles. The summed E-state index contributed by atoms with van der Waals surface area (Å²) in [7, 11) is 0. The highest BCUT2D eigenvalue weighted by molar-refractivity contribution is 6.30. The third-order valence-electron chi connectivity index (χ3n) is 4.08. The first-order valence-corrected chi connectivity index (χ1v) is 8.49. The lowest BCUT2D eigenvalue weighted by Gasteiger charge is -2.23. The van der Waals surface area contributed by atoms with Gasteiger partial charge in [-0.1, -0.05) is 35.9 Å². The van der Waals surface area contributed by atoms with Crippen LogP contribution in [0.25, 0.3) is 0 Å². The van der Waals surface area contributed by atoms with Crippen LogP contribution in [0.2, 0.25) is 5.02 Å². The monoisotopic (exact) mass is 358 g/mol. The summed E-state index contributed by atoms with van der Waals surface area (Å²) in [4.78, 5) is 26.3. The number of carbonyl (C=O) groups is 2. The van der Waals surface area contributed by atoms with E-state index in [1.807, 2.05) is 31.2 Å². The first kappa shape index (κ1) is 17.3. The third kappa shape index (κ3) is 4.12. The fourth-order valence-electron chi connectivity index (χ4n) is 2.76. The van der Waals surface area contributed by atoms with Gasteiger partial charge in [0.15, 0.2) is 0 Å². The quantitative estimate of drug-likeness (QED) is 0.912. The topological polar surface area (TPSA) is 58.6 Å². The van der Waals surface area contributed by atoms with Crippen molar-refractivity contribution in [3.63, 3.8) is 0 Å². The SMILES string of the molecule is C[C@@H](NC(=O)CN1C(=O)CCOc2ccccc21)c1ccc(Cl)cc1. The van der Waals surface area contributed by atoms with Crippen molar-refractivity contribution in [3.05, 3.63) is 59.1 Å². The summed E-state index contributed by atoms with van der Waals surface area (Å²) in [5.41, 5.74) is 1.57. The van der Waals surface area contributed by atoms with Crippen LogP contribution in [-0.2, 0) is 9.59 Å². The molecule has 3 rings (SSSR count). The Morgan fingerprint density at radius 3 is 2.72 bits per heavy atom. The molecule has 1 aliphatic rings. The molecule has 1 aliphatic heterocycles. The lowest BCUT2D eigenvalue weighted by Crippen LogP contribution is -2.41. The van der Waals surface area contributed by atoms with E-state index in [-0.39, 0.29) is 30.8 Å². The number of para-hydroxylation sites is 2. The minimum atomic E-state index is -0.229. The Balaban J connectivity index is 1.71. The van der Waals surface area contributed by atoms with Gasteiger partial charge in [-0.15, -0.1) is 0 Å². The number of halogens is 1. The number of nitrogens with one attached hydrogen (secondary N) is 1. The number of ether oxygens (including phenoxy) is 1. The molecular weight excluding hydrogens is 340 g/mol. The van der Waals surface area contributed by atoms with E-state index in [1.54, 1.807) is 24.3 Å². The molecule has 5 nitrogen and oxygen atoms in total. The number of nitrogens with zero attached hydrogens (tertiary/aromatic N) is 1. The molecule has 0 spiro atoms. The first-order valence-electron chi connectivity index (χ1n) is 8.11. The van der Waals surface area contributed by atoms with Gasteiger partial charge < -0.3 is 10.1 Å². The molecule has 1 atom stereocenters. The van der Waals surface area contributed by atoms with E-state index in [1.165, 1.54) is 4.90 Å². The smallest absolute Gasteiger partial charge is 0.240 e. The van der Waals surface area contributed by atoms with Crippen LogP contribution in [0.5, 0.6) is 5.75 Å². The van der Waals surface area contributed by atoms with Crippen molar-refractivity contribution in [3.8, 4) is 5.75 Å². The number of hydrogen-bond acceptors (Lipinski definition) is 3. The van der Waals surface area contributed by atoms with Crippen LogP contribution < -0.4 is 15.0 Å². The minimum Gasteiger partial charge on any atom is -0.491 e. The molecule has 0 fully saturated rings. The lowest BCUT2D eigenvalue weighted by atomic mass is 10.1. The van der Waals surface area contributed by atoms with Crippen LogP contribution in [0.4, 0.5) is 5.69 Å². The molecule has 130 valence electrons. The van der Waals surface area contributed by atoms with E-state index in [0.717, 1.165) is 5.56 Å².